The molecule has 1 aliphatic carbocycles. The fourth-order valence-corrected chi connectivity index (χ4v) is 4.24. The van der Waals surface area contributed by atoms with Crippen LogP contribution in [0.25, 0.3) is 0 Å². The molecule has 0 radical (unpaired) electrons. The van der Waals surface area contributed by atoms with E-state index in [-0.39, 0.29) is 6.03 Å². The molecule has 0 heterocycles. The Kier molecular flexibility index (Phi) is 6.98. The van der Waals surface area contributed by atoms with Crippen molar-refractivity contribution in [3.05, 3.63) is 82.9 Å². The molecule has 2 amide bonds. The quantitative estimate of drug-likeness (QED) is 0.455. The van der Waals surface area contributed by atoms with E-state index in [1.165, 1.54) is 17.5 Å². The number of nitrogens with zero attached hydrogens (tertiary/aromatic N) is 1. The summed E-state index contributed by atoms with van der Waals surface area (Å²) in [6.07, 6.45) is 3.34. The van der Waals surface area contributed by atoms with Gasteiger partial charge in [0, 0.05) is 22.9 Å². The van der Waals surface area contributed by atoms with Gasteiger partial charge in [0.1, 0.15) is 11.5 Å². The van der Waals surface area contributed by atoms with Crippen LogP contribution in [0, 0.1) is 5.92 Å². The first-order valence-electron chi connectivity index (χ1n) is 10.8. The molecule has 0 spiro atoms. The van der Waals surface area contributed by atoms with E-state index in [1.807, 2.05) is 42.5 Å². The minimum atomic E-state index is -0.266. The van der Waals surface area contributed by atoms with Crippen LogP contribution in [0.5, 0.6) is 11.5 Å². The summed E-state index contributed by atoms with van der Waals surface area (Å²) in [6.45, 7) is 1.12. The van der Waals surface area contributed by atoms with Crippen molar-refractivity contribution in [3.63, 3.8) is 0 Å². The van der Waals surface area contributed by atoms with E-state index in [0.29, 0.717) is 28.1 Å². The van der Waals surface area contributed by atoms with E-state index in [1.54, 1.807) is 12.1 Å². The first-order chi connectivity index (χ1) is 15.4. The zero-order valence-electron chi connectivity index (χ0n) is 18.4. The summed E-state index contributed by atoms with van der Waals surface area (Å²) >= 11 is 5.90. The number of ether oxygens (including phenoxy) is 1. The summed E-state index contributed by atoms with van der Waals surface area (Å²) in [5.74, 6) is 2.08. The van der Waals surface area contributed by atoms with Crippen LogP contribution in [0.1, 0.15) is 17.5 Å². The van der Waals surface area contributed by atoms with Crippen LogP contribution in [0.2, 0.25) is 5.02 Å². The normalized spacial score (nSPS) is 15.2. The van der Waals surface area contributed by atoms with Crippen LogP contribution < -0.4 is 15.4 Å². The van der Waals surface area contributed by atoms with Crippen molar-refractivity contribution in [1.29, 1.82) is 0 Å². The molecule has 0 fully saturated rings. The highest BCUT2D eigenvalue weighted by atomic mass is 35.5. The molecule has 0 aromatic heterocycles. The lowest BCUT2D eigenvalue weighted by atomic mass is 9.83. The molecule has 3 aromatic rings. The van der Waals surface area contributed by atoms with Crippen LogP contribution in [0.4, 0.5) is 16.2 Å². The molecule has 0 saturated heterocycles. The second-order valence-electron chi connectivity index (χ2n) is 8.51. The Hall–Kier alpha value is -3.02. The molecule has 32 heavy (non-hydrogen) atoms. The molecular weight excluding hydrogens is 422 g/mol. The Morgan fingerprint density at radius 2 is 1.56 bits per heavy atom. The predicted octanol–water partition coefficient (Wildman–Crippen LogP) is 6.44. The number of aryl methyl sites for hydroxylation is 1. The van der Waals surface area contributed by atoms with Crippen LogP contribution in [-0.2, 0) is 12.8 Å². The molecule has 3 aromatic carbocycles. The molecule has 1 aliphatic rings. The fraction of sp³-hybridized carbons (Fsp3) is 0.269. The number of fused-ring (bicyclic) bond motifs is 1. The first-order valence-corrected chi connectivity index (χ1v) is 11.2. The van der Waals surface area contributed by atoms with E-state index in [2.05, 4.69) is 41.8 Å². The van der Waals surface area contributed by atoms with Crippen LogP contribution in [0.3, 0.4) is 0 Å². The lowest BCUT2D eigenvalue weighted by Gasteiger charge is -2.27. The summed E-state index contributed by atoms with van der Waals surface area (Å²) in [6, 6.07) is 20.4. The van der Waals surface area contributed by atoms with Crippen molar-refractivity contribution in [2.75, 3.05) is 31.3 Å². The number of carbonyl (C=O) groups is 1. The van der Waals surface area contributed by atoms with Gasteiger partial charge in [0.25, 0.3) is 0 Å². The van der Waals surface area contributed by atoms with E-state index in [9.17, 15) is 4.79 Å². The highest BCUT2D eigenvalue weighted by Gasteiger charge is 2.19. The number of urea groups is 1. The average molecular weight is 450 g/mol. The van der Waals surface area contributed by atoms with Gasteiger partial charge in [-0.15, -0.1) is 0 Å². The summed E-state index contributed by atoms with van der Waals surface area (Å²) in [5, 5.41) is 6.47. The fourth-order valence-electron chi connectivity index (χ4n) is 4.12. The lowest BCUT2D eigenvalue weighted by molar-refractivity contribution is 0.262. The molecule has 0 saturated carbocycles. The molecule has 4 rings (SSSR count). The van der Waals surface area contributed by atoms with Crippen molar-refractivity contribution in [3.8, 4) is 11.5 Å². The maximum Gasteiger partial charge on any atom is 0.323 e. The summed E-state index contributed by atoms with van der Waals surface area (Å²) in [7, 11) is 4.25. The van der Waals surface area contributed by atoms with Gasteiger partial charge in [0.2, 0.25) is 0 Å². The van der Waals surface area contributed by atoms with Gasteiger partial charge in [-0.1, -0.05) is 17.7 Å². The minimum absolute atomic E-state index is 0.266. The van der Waals surface area contributed by atoms with Gasteiger partial charge in [-0.2, -0.15) is 0 Å². The molecule has 5 nitrogen and oxygen atoms in total. The monoisotopic (exact) mass is 449 g/mol. The lowest BCUT2D eigenvalue weighted by Crippen LogP contribution is -2.26. The van der Waals surface area contributed by atoms with Gasteiger partial charge in [0.15, 0.2) is 0 Å². The van der Waals surface area contributed by atoms with Crippen molar-refractivity contribution < 1.29 is 9.53 Å². The third-order valence-electron chi connectivity index (χ3n) is 5.58. The highest BCUT2D eigenvalue weighted by molar-refractivity contribution is 6.30. The van der Waals surface area contributed by atoms with E-state index >= 15 is 0 Å². The zero-order valence-corrected chi connectivity index (χ0v) is 19.2. The van der Waals surface area contributed by atoms with Gasteiger partial charge in [0.05, 0.1) is 0 Å². The topological polar surface area (TPSA) is 53.6 Å². The Morgan fingerprint density at radius 1 is 0.938 bits per heavy atom. The molecule has 0 bridgehead atoms. The van der Waals surface area contributed by atoms with Crippen molar-refractivity contribution in [2.24, 2.45) is 5.92 Å². The largest absolute Gasteiger partial charge is 0.457 e. The second kappa shape index (κ2) is 10.1. The molecule has 6 heteroatoms. The average Bonchev–Trinajstić information content (AvgIpc) is 2.76. The number of halogens is 1. The summed E-state index contributed by atoms with van der Waals surface area (Å²) < 4.78 is 5.78. The van der Waals surface area contributed by atoms with Gasteiger partial charge in [-0.25, -0.2) is 4.79 Å². The van der Waals surface area contributed by atoms with E-state index in [4.69, 9.17) is 16.3 Å². The number of rotatable bonds is 6. The number of amides is 2. The smallest absolute Gasteiger partial charge is 0.323 e. The number of nitrogens with one attached hydrogen (secondary N) is 2. The molecular formula is C26H28ClN3O2. The predicted molar refractivity (Wildman–Crippen MR) is 131 cm³/mol. The van der Waals surface area contributed by atoms with Crippen molar-refractivity contribution in [2.45, 2.75) is 19.3 Å². The van der Waals surface area contributed by atoms with E-state index < -0.39 is 0 Å². The third kappa shape index (κ3) is 6.02. The minimum Gasteiger partial charge on any atom is -0.457 e. The standard InChI is InChI=1S/C26H28ClN3O2/c1-30(2)17-18-3-4-20-16-23(8-5-19(20)15-18)29-26(31)28-22-9-13-25(14-10-22)32-24-11-6-21(27)7-12-24/h5-14,16,18H,3-4,15,17H2,1-2H3,(H2,28,29,31). The Balaban J connectivity index is 1.31. The van der Waals surface area contributed by atoms with Gasteiger partial charge in [-0.3, -0.25) is 0 Å². The molecule has 2 N–H and O–H groups in total. The zero-order chi connectivity index (χ0) is 22.5. The van der Waals surface area contributed by atoms with E-state index in [0.717, 1.165) is 25.1 Å². The van der Waals surface area contributed by atoms with Crippen molar-refractivity contribution >= 4 is 29.0 Å². The molecule has 1 unspecified atom stereocenters. The molecule has 0 aliphatic heterocycles. The Bertz CT molecular complexity index is 1070. The van der Waals surface area contributed by atoms with Gasteiger partial charge < -0.3 is 20.3 Å². The SMILES string of the molecule is CN(C)CC1CCc2cc(NC(=O)Nc3ccc(Oc4ccc(Cl)cc4)cc3)ccc2C1. The summed E-state index contributed by atoms with van der Waals surface area (Å²) in [5.41, 5.74) is 4.23. The Labute approximate surface area is 194 Å². The highest BCUT2D eigenvalue weighted by Crippen LogP contribution is 2.28. The third-order valence-corrected chi connectivity index (χ3v) is 5.83. The van der Waals surface area contributed by atoms with Crippen molar-refractivity contribution in [1.82, 2.24) is 4.90 Å². The van der Waals surface area contributed by atoms with Gasteiger partial charge >= 0.3 is 6.03 Å². The van der Waals surface area contributed by atoms with Crippen LogP contribution in [-0.4, -0.2) is 31.6 Å². The molecule has 166 valence electrons. The summed E-state index contributed by atoms with van der Waals surface area (Å²) in [4.78, 5) is 14.7. The van der Waals surface area contributed by atoms with Crippen LogP contribution in [0.15, 0.2) is 66.7 Å². The number of anilines is 2. The first kappa shape index (κ1) is 22.2. The Morgan fingerprint density at radius 3 is 2.25 bits per heavy atom. The molecule has 1 atom stereocenters. The maximum absolute atomic E-state index is 12.5. The van der Waals surface area contributed by atoms with Crippen LogP contribution >= 0.6 is 11.6 Å². The number of benzene rings is 3. The number of carbonyl (C=O) groups excluding carboxylic acids is 1. The second-order valence-corrected chi connectivity index (χ2v) is 8.95. The maximum atomic E-state index is 12.5. The van der Waals surface area contributed by atoms with Gasteiger partial charge in [-0.05, 0) is 111 Å². The number of hydrogen-bond donors (Lipinski definition) is 2. The number of hydrogen-bond acceptors (Lipinski definition) is 3.